The van der Waals surface area contributed by atoms with E-state index in [2.05, 4.69) is 31.9 Å². The number of aliphatic hydroxyl groups excluding tert-OH is 9. The highest BCUT2D eigenvalue weighted by Crippen LogP contribution is 2.25. The van der Waals surface area contributed by atoms with E-state index >= 15 is 0 Å². The predicted octanol–water partition coefficient (Wildman–Crippen LogP) is -7.76. The van der Waals surface area contributed by atoms with Crippen molar-refractivity contribution in [2.24, 2.45) is 5.92 Å². The van der Waals surface area contributed by atoms with Gasteiger partial charge in [0.05, 0.1) is 145 Å². The molecule has 3 rings (SSSR count). The number of rotatable bonds is 57. The normalized spacial score (nSPS) is 25.9. The summed E-state index contributed by atoms with van der Waals surface area (Å²) in [6.07, 6.45) is -13.4. The van der Waals surface area contributed by atoms with E-state index in [1.165, 1.54) is 27.7 Å². The van der Waals surface area contributed by atoms with Crippen molar-refractivity contribution in [3.8, 4) is 0 Å². The van der Waals surface area contributed by atoms with E-state index in [1.54, 1.807) is 0 Å². The van der Waals surface area contributed by atoms with E-state index in [0.717, 1.165) is 0 Å². The summed E-state index contributed by atoms with van der Waals surface area (Å²) in [7, 11) is 0. The molecule has 0 aromatic carbocycles. The number of unbranched alkanes of at least 4 members (excludes halogenated alkanes) is 2. The molecule has 3 saturated heterocycles. The fraction of sp³-hybridized carbons (Fsp3) is 0.871. The highest BCUT2D eigenvalue weighted by atomic mass is 16.7. The van der Waals surface area contributed by atoms with E-state index in [1.807, 2.05) is 0 Å². The van der Waals surface area contributed by atoms with Gasteiger partial charge >= 0.3 is 0 Å². The first-order valence-corrected chi connectivity index (χ1v) is 33.6. The number of nitrogens with one attached hydrogen (secondary N) is 6. The van der Waals surface area contributed by atoms with Crippen molar-refractivity contribution in [1.29, 1.82) is 0 Å². The highest BCUT2D eigenvalue weighted by Gasteiger charge is 2.48. The van der Waals surface area contributed by atoms with Crippen molar-refractivity contribution in [3.05, 3.63) is 0 Å². The Morgan fingerprint density at radius 1 is 0.370 bits per heavy atom. The lowest BCUT2D eigenvalue weighted by Gasteiger charge is -2.42. The zero-order valence-corrected chi connectivity index (χ0v) is 57.6. The molecule has 17 atom stereocenters. The van der Waals surface area contributed by atoms with Gasteiger partial charge in [0.15, 0.2) is 24.7 Å². The Kier molecular flexibility index (Phi) is 47.4. The molecule has 580 valence electrons. The summed E-state index contributed by atoms with van der Waals surface area (Å²) in [6.45, 7) is 4.73. The Hall–Kier alpha value is -4.80. The summed E-state index contributed by atoms with van der Waals surface area (Å²) < 4.78 is 82.5. The molecule has 3 aliphatic rings. The molecule has 38 heteroatoms. The summed E-state index contributed by atoms with van der Waals surface area (Å²) in [5.41, 5.74) is 0. The molecule has 15 N–H and O–H groups in total. The molecule has 3 aliphatic heterocycles. The van der Waals surface area contributed by atoms with E-state index in [0.29, 0.717) is 32.1 Å². The van der Waals surface area contributed by atoms with Crippen LogP contribution in [0.4, 0.5) is 0 Å². The molecule has 0 aromatic heterocycles. The molecule has 6 amide bonds. The molecule has 0 saturated carbocycles. The summed E-state index contributed by atoms with van der Waals surface area (Å²) in [6, 6.07) is -4.25. The maximum Gasteiger partial charge on any atom is 0.246 e. The second-order valence-electron chi connectivity index (χ2n) is 23.5. The topological polar surface area (TPSA) is 529 Å². The number of ketones is 2. The van der Waals surface area contributed by atoms with Gasteiger partial charge in [0.25, 0.3) is 0 Å². The second kappa shape index (κ2) is 53.0. The number of ether oxygens (including phenoxy) is 15. The molecular formula is C62H110N6O32. The van der Waals surface area contributed by atoms with Gasteiger partial charge in [-0.05, 0) is 39.0 Å². The fourth-order valence-electron chi connectivity index (χ4n) is 10.3. The maximum atomic E-state index is 13.9. The molecule has 0 bridgehead atoms. The largest absolute Gasteiger partial charge is 0.394 e. The van der Waals surface area contributed by atoms with E-state index < -0.39 is 160 Å². The number of carbonyl (C=O) groups is 8. The Morgan fingerprint density at radius 3 is 0.960 bits per heavy atom. The predicted molar refractivity (Wildman–Crippen MR) is 341 cm³/mol. The SMILES string of the molecule is CC(=O)N[C@H]1[C@H](OCCOCCOCCOCC(=O)NCCCCC(CC(=O)[C@H](CCCCNC(=O)COCCOCCOCCO[C@@H]2O[C@H](CO)[C@H](O)[C@H](O)[C@H]2NC(C)=O)NC(=O)COCCOCCOCCO[C@@H]2O[C@H](CO)[C@H](O)[C@H](O)[C@H]2NC(C)=O)C(C)=O)O[C@H](CO)[C@H](O)[C@@H]1O. The van der Waals surface area contributed by atoms with Gasteiger partial charge in [-0.1, -0.05) is 6.42 Å². The van der Waals surface area contributed by atoms with Gasteiger partial charge in [-0.25, -0.2) is 0 Å². The minimum Gasteiger partial charge on any atom is -0.394 e. The molecular weight excluding hydrogens is 1340 g/mol. The van der Waals surface area contributed by atoms with Crippen LogP contribution in [-0.4, -0.2) is 363 Å². The minimum absolute atomic E-state index is 0.00192. The quantitative estimate of drug-likeness (QED) is 0.0252. The first-order valence-electron chi connectivity index (χ1n) is 33.6. The number of aliphatic hydroxyl groups is 9. The molecule has 1 unspecified atom stereocenters. The second-order valence-corrected chi connectivity index (χ2v) is 23.5. The van der Waals surface area contributed by atoms with Crippen LogP contribution < -0.4 is 31.9 Å². The van der Waals surface area contributed by atoms with Gasteiger partial charge in [-0.3, -0.25) is 38.4 Å². The van der Waals surface area contributed by atoms with Crippen LogP contribution in [0.15, 0.2) is 0 Å². The van der Waals surface area contributed by atoms with Crippen LogP contribution >= 0.6 is 0 Å². The molecule has 0 spiro atoms. The van der Waals surface area contributed by atoms with Gasteiger partial charge in [0, 0.05) is 46.2 Å². The third kappa shape index (κ3) is 36.6. The van der Waals surface area contributed by atoms with Crippen LogP contribution in [0.2, 0.25) is 0 Å². The van der Waals surface area contributed by atoms with Gasteiger partial charge < -0.3 is 149 Å². The summed E-state index contributed by atoms with van der Waals surface area (Å²) >= 11 is 0. The van der Waals surface area contributed by atoms with Crippen molar-refractivity contribution in [3.63, 3.8) is 0 Å². The van der Waals surface area contributed by atoms with Crippen LogP contribution in [0.25, 0.3) is 0 Å². The number of amides is 6. The van der Waals surface area contributed by atoms with Gasteiger partial charge in [-0.2, -0.15) is 0 Å². The first-order chi connectivity index (χ1) is 48.0. The Bertz CT molecular complexity index is 2310. The smallest absolute Gasteiger partial charge is 0.246 e. The minimum atomic E-state index is -1.46. The van der Waals surface area contributed by atoms with Crippen molar-refractivity contribution in [1.82, 2.24) is 31.9 Å². The van der Waals surface area contributed by atoms with Crippen molar-refractivity contribution >= 4 is 47.0 Å². The van der Waals surface area contributed by atoms with Crippen LogP contribution in [-0.2, 0) is 109 Å². The van der Waals surface area contributed by atoms with Crippen LogP contribution in [0.1, 0.15) is 72.6 Å². The zero-order chi connectivity index (χ0) is 73.6. The third-order valence-corrected chi connectivity index (χ3v) is 15.5. The summed E-state index contributed by atoms with van der Waals surface area (Å²) in [5, 5.41) is 106. The van der Waals surface area contributed by atoms with Crippen LogP contribution in [0.5, 0.6) is 0 Å². The monoisotopic (exact) mass is 1450 g/mol. The third-order valence-electron chi connectivity index (χ3n) is 15.5. The van der Waals surface area contributed by atoms with Gasteiger partial charge in [0.2, 0.25) is 35.4 Å². The lowest BCUT2D eigenvalue weighted by atomic mass is 9.89. The molecule has 0 radical (unpaired) electrons. The van der Waals surface area contributed by atoms with Crippen molar-refractivity contribution in [2.75, 3.05) is 172 Å². The van der Waals surface area contributed by atoms with Gasteiger partial charge in [0.1, 0.15) is 98.7 Å². The lowest BCUT2D eigenvalue weighted by molar-refractivity contribution is -0.272. The number of hydrogen-bond donors (Lipinski definition) is 15. The first kappa shape index (κ1) is 89.4. The molecule has 0 aliphatic carbocycles. The zero-order valence-electron chi connectivity index (χ0n) is 57.6. The van der Waals surface area contributed by atoms with Crippen LogP contribution in [0.3, 0.4) is 0 Å². The van der Waals surface area contributed by atoms with E-state index in [9.17, 15) is 84.3 Å². The molecule has 3 heterocycles. The number of carbonyl (C=O) groups excluding carboxylic acids is 8. The number of Topliss-reactive ketones (excluding diaryl/α,β-unsaturated/α-hetero) is 2. The molecule has 100 heavy (non-hydrogen) atoms. The molecule has 0 aromatic rings. The van der Waals surface area contributed by atoms with Crippen molar-refractivity contribution < 1.29 is 155 Å². The Morgan fingerprint density at radius 2 is 0.660 bits per heavy atom. The van der Waals surface area contributed by atoms with E-state index in [-0.39, 0.29) is 176 Å². The number of hydrogen-bond acceptors (Lipinski definition) is 32. The van der Waals surface area contributed by atoms with Crippen LogP contribution in [0, 0.1) is 5.92 Å². The Labute approximate surface area is 580 Å². The van der Waals surface area contributed by atoms with Gasteiger partial charge in [-0.15, -0.1) is 0 Å². The van der Waals surface area contributed by atoms with E-state index in [4.69, 9.17) is 71.1 Å². The average molecular weight is 1450 g/mol. The lowest BCUT2D eigenvalue weighted by Crippen LogP contribution is -2.64. The summed E-state index contributed by atoms with van der Waals surface area (Å²) in [4.78, 5) is 99.7. The Balaban J connectivity index is 1.34. The standard InChI is InChI=1S/C62H110N6O32/c1-38(72)42(9-5-7-11-63-48(77)35-92-22-19-86-13-16-89-25-28-95-60-51(65-39(2)73)57(83)54(80)45(32-69)98-60)31-44(76)43(68-50(79)37-94-24-21-88-15-18-91-27-30-97-62-53(67-41(4)75)59(85)56(82)47(34-71)100-62)10-6-8-12-64-49(78)36-93-23-20-87-14-17-90-26-29-96-61-52(66-40(3)74)58(84)55(81)46(33-70)99-61/h42-43,45-47,51-62,69-71,80-85H,5-37H2,1-4H3,(H,63,77)(H,64,78)(H,65,73)(H,66,74)(H,67,75)(H,68,79)/t42?,43-,45+,46+,47+,51+,52+,53+,54-,55-,56-,57+,58+,59+,60+,61+,62+/m0/s1. The fourth-order valence-corrected chi connectivity index (χ4v) is 10.3. The highest BCUT2D eigenvalue weighted by molar-refractivity contribution is 5.92. The van der Waals surface area contributed by atoms with Crippen molar-refractivity contribution in [2.45, 2.75) is 171 Å². The maximum absolute atomic E-state index is 13.9. The molecule has 3 fully saturated rings. The summed E-state index contributed by atoms with van der Waals surface area (Å²) in [5.74, 6) is -4.10. The average Bonchev–Trinajstić information content (AvgIpc) is 0.824. The molecule has 38 nitrogen and oxygen atoms in total.